The monoisotopic (exact) mass is 361 g/mol. The summed E-state index contributed by atoms with van der Waals surface area (Å²) >= 11 is 1.49. The first-order valence-electron chi connectivity index (χ1n) is 9.01. The lowest BCUT2D eigenvalue weighted by Gasteiger charge is -2.30. The van der Waals surface area contributed by atoms with Crippen LogP contribution in [0.15, 0.2) is 29.8 Å². The summed E-state index contributed by atoms with van der Waals surface area (Å²) in [4.78, 5) is 15.1. The zero-order valence-corrected chi connectivity index (χ0v) is 16.1. The Bertz CT molecular complexity index is 708. The van der Waals surface area contributed by atoms with Crippen molar-refractivity contribution >= 4 is 17.7 Å². The van der Waals surface area contributed by atoms with Crippen molar-refractivity contribution in [1.82, 2.24) is 24.2 Å². The molecule has 0 spiro atoms. The fourth-order valence-electron chi connectivity index (χ4n) is 3.43. The molecule has 0 radical (unpaired) electrons. The Morgan fingerprint density at radius 2 is 2.20 bits per heavy atom. The second kappa shape index (κ2) is 8.08. The molecule has 0 aliphatic carbocycles. The highest BCUT2D eigenvalue weighted by molar-refractivity contribution is 7.99. The first-order valence-corrected chi connectivity index (χ1v) is 9.99. The summed E-state index contributed by atoms with van der Waals surface area (Å²) in [5, 5.41) is 8.95. The smallest absolute Gasteiger partial charge is 0.233 e. The SMILES string of the molecule is CC(C)n1cnnc1SCC(=O)N1CCCCC[C@H]1c1cccn1C. The molecular weight excluding hydrogens is 334 g/mol. The minimum atomic E-state index is 0.179. The molecule has 0 bridgehead atoms. The van der Waals surface area contributed by atoms with Crippen LogP contribution in [0, 0.1) is 0 Å². The highest BCUT2D eigenvalue weighted by Gasteiger charge is 2.28. The van der Waals surface area contributed by atoms with E-state index in [0.717, 1.165) is 24.5 Å². The average Bonchev–Trinajstić information content (AvgIpc) is 3.15. The fourth-order valence-corrected chi connectivity index (χ4v) is 4.36. The van der Waals surface area contributed by atoms with Crippen LogP contribution in [0.2, 0.25) is 0 Å². The van der Waals surface area contributed by atoms with Gasteiger partial charge < -0.3 is 14.0 Å². The Morgan fingerprint density at radius 3 is 2.92 bits per heavy atom. The summed E-state index contributed by atoms with van der Waals surface area (Å²) in [6.07, 6.45) is 8.28. The molecule has 1 amide bonds. The van der Waals surface area contributed by atoms with E-state index in [1.54, 1.807) is 6.33 Å². The molecule has 0 unspecified atom stereocenters. The van der Waals surface area contributed by atoms with Crippen LogP contribution < -0.4 is 0 Å². The van der Waals surface area contributed by atoms with Crippen LogP contribution in [0.25, 0.3) is 0 Å². The van der Waals surface area contributed by atoms with Gasteiger partial charge in [0.15, 0.2) is 5.16 Å². The molecule has 25 heavy (non-hydrogen) atoms. The molecule has 0 aromatic carbocycles. The molecule has 1 saturated heterocycles. The van der Waals surface area contributed by atoms with Gasteiger partial charge in [-0.25, -0.2) is 0 Å². The molecule has 6 nitrogen and oxygen atoms in total. The molecule has 7 heteroatoms. The van der Waals surface area contributed by atoms with Gasteiger partial charge in [0, 0.05) is 31.5 Å². The van der Waals surface area contributed by atoms with Crippen LogP contribution in [0.5, 0.6) is 0 Å². The lowest BCUT2D eigenvalue weighted by atomic mass is 10.1. The Balaban J connectivity index is 1.72. The molecule has 136 valence electrons. The van der Waals surface area contributed by atoms with E-state index >= 15 is 0 Å². The van der Waals surface area contributed by atoms with Crippen LogP contribution in [0.1, 0.15) is 57.3 Å². The highest BCUT2D eigenvalue weighted by Crippen LogP contribution is 2.31. The molecule has 3 rings (SSSR count). The number of amides is 1. The van der Waals surface area contributed by atoms with Crippen molar-refractivity contribution in [3.63, 3.8) is 0 Å². The van der Waals surface area contributed by atoms with Crippen molar-refractivity contribution in [2.75, 3.05) is 12.3 Å². The van der Waals surface area contributed by atoms with Crippen LogP contribution in [-0.2, 0) is 11.8 Å². The van der Waals surface area contributed by atoms with Gasteiger partial charge in [0.25, 0.3) is 0 Å². The molecule has 2 aromatic rings. The zero-order valence-electron chi connectivity index (χ0n) is 15.3. The number of carbonyl (C=O) groups excluding carboxylic acids is 1. The number of likely N-dealkylation sites (tertiary alicyclic amines) is 1. The Hall–Kier alpha value is -1.76. The van der Waals surface area contributed by atoms with Gasteiger partial charge in [0.05, 0.1) is 11.8 Å². The van der Waals surface area contributed by atoms with Crippen LogP contribution in [0.4, 0.5) is 0 Å². The largest absolute Gasteiger partial charge is 0.353 e. The number of hydrogen-bond acceptors (Lipinski definition) is 4. The van der Waals surface area contributed by atoms with Gasteiger partial charge in [-0.05, 0) is 38.8 Å². The molecule has 1 atom stereocenters. The zero-order chi connectivity index (χ0) is 17.8. The molecule has 1 fully saturated rings. The minimum Gasteiger partial charge on any atom is -0.353 e. The number of nitrogens with zero attached hydrogens (tertiary/aromatic N) is 5. The number of aryl methyl sites for hydroxylation is 1. The summed E-state index contributed by atoms with van der Waals surface area (Å²) in [5.41, 5.74) is 1.23. The van der Waals surface area contributed by atoms with E-state index in [0.29, 0.717) is 11.8 Å². The maximum atomic E-state index is 13.0. The van der Waals surface area contributed by atoms with E-state index in [4.69, 9.17) is 0 Å². The van der Waals surface area contributed by atoms with Crippen molar-refractivity contribution in [3.05, 3.63) is 30.4 Å². The highest BCUT2D eigenvalue weighted by atomic mass is 32.2. The van der Waals surface area contributed by atoms with Crippen molar-refractivity contribution < 1.29 is 4.79 Å². The van der Waals surface area contributed by atoms with Crippen LogP contribution in [0.3, 0.4) is 0 Å². The summed E-state index contributed by atoms with van der Waals surface area (Å²) in [5.74, 6) is 0.600. The summed E-state index contributed by atoms with van der Waals surface area (Å²) in [7, 11) is 2.06. The van der Waals surface area contributed by atoms with Gasteiger partial charge in [0.2, 0.25) is 5.91 Å². The number of rotatable bonds is 5. The number of thioether (sulfide) groups is 1. The van der Waals surface area contributed by atoms with Gasteiger partial charge in [-0.2, -0.15) is 0 Å². The molecule has 2 aromatic heterocycles. The third-order valence-corrected chi connectivity index (χ3v) is 5.76. The number of carbonyl (C=O) groups is 1. The van der Waals surface area contributed by atoms with Gasteiger partial charge in [-0.15, -0.1) is 10.2 Å². The first-order chi connectivity index (χ1) is 12.1. The van der Waals surface area contributed by atoms with Crippen LogP contribution in [-0.4, -0.2) is 42.4 Å². The average molecular weight is 362 g/mol. The van der Waals surface area contributed by atoms with Crippen LogP contribution >= 0.6 is 11.8 Å². The van der Waals surface area contributed by atoms with Gasteiger partial charge in [0.1, 0.15) is 6.33 Å². The predicted octanol–water partition coefficient (Wildman–Crippen LogP) is 3.43. The van der Waals surface area contributed by atoms with E-state index in [1.165, 1.54) is 30.3 Å². The van der Waals surface area contributed by atoms with Gasteiger partial charge >= 0.3 is 0 Å². The molecule has 3 heterocycles. The summed E-state index contributed by atoms with van der Waals surface area (Å²) in [6.45, 7) is 5.02. The molecular formula is C18H27N5OS. The van der Waals surface area contributed by atoms with Crippen molar-refractivity contribution in [2.45, 2.75) is 56.8 Å². The van der Waals surface area contributed by atoms with E-state index in [-0.39, 0.29) is 11.9 Å². The molecule has 0 N–H and O–H groups in total. The van der Waals surface area contributed by atoms with E-state index in [1.807, 2.05) is 4.57 Å². The van der Waals surface area contributed by atoms with E-state index < -0.39 is 0 Å². The maximum Gasteiger partial charge on any atom is 0.233 e. The number of aromatic nitrogens is 4. The lowest BCUT2D eigenvalue weighted by Crippen LogP contribution is -2.36. The molecule has 0 saturated carbocycles. The third-order valence-electron chi connectivity index (χ3n) is 4.82. The topological polar surface area (TPSA) is 56.0 Å². The lowest BCUT2D eigenvalue weighted by molar-refractivity contribution is -0.130. The molecule has 1 aliphatic heterocycles. The fraction of sp³-hybridized carbons (Fsp3) is 0.611. The first kappa shape index (κ1) is 18.0. The second-order valence-electron chi connectivity index (χ2n) is 6.90. The third kappa shape index (κ3) is 4.08. The van der Waals surface area contributed by atoms with E-state index in [9.17, 15) is 4.79 Å². The quantitative estimate of drug-likeness (QED) is 0.766. The Kier molecular flexibility index (Phi) is 5.83. The van der Waals surface area contributed by atoms with Gasteiger partial charge in [-0.1, -0.05) is 24.6 Å². The Labute approximate surface area is 153 Å². The van der Waals surface area contributed by atoms with Crippen molar-refractivity contribution in [3.8, 4) is 0 Å². The van der Waals surface area contributed by atoms with Gasteiger partial charge in [-0.3, -0.25) is 4.79 Å². The number of hydrogen-bond donors (Lipinski definition) is 0. The van der Waals surface area contributed by atoms with Crippen molar-refractivity contribution in [1.29, 1.82) is 0 Å². The van der Waals surface area contributed by atoms with E-state index in [2.05, 4.69) is 58.9 Å². The predicted molar refractivity (Wildman–Crippen MR) is 99.5 cm³/mol. The van der Waals surface area contributed by atoms with Crippen molar-refractivity contribution in [2.24, 2.45) is 7.05 Å². The minimum absolute atomic E-state index is 0.179. The Morgan fingerprint density at radius 1 is 1.36 bits per heavy atom. The summed E-state index contributed by atoms with van der Waals surface area (Å²) < 4.78 is 4.15. The second-order valence-corrected chi connectivity index (χ2v) is 7.84. The standard InChI is InChI=1S/C18H27N5OS/c1-14(2)23-13-19-20-18(23)25-12-17(24)22-11-6-4-5-8-16(22)15-9-7-10-21(15)3/h7,9-10,13-14,16H,4-6,8,11-12H2,1-3H3/t16-/m0/s1. The normalized spacial score (nSPS) is 18.6. The summed E-state index contributed by atoms with van der Waals surface area (Å²) in [6, 6.07) is 4.67. The maximum absolute atomic E-state index is 13.0. The molecule has 1 aliphatic rings.